The Labute approximate surface area is 334 Å². The molecule has 5 rings (SSSR count). The molecule has 0 saturated carbocycles. The zero-order valence-electron chi connectivity index (χ0n) is 34.7. The monoisotopic (exact) mass is 805 g/mol. The Kier molecular flexibility index (Phi) is 14.7. The molecular weight excluding hydrogens is 743 g/mol. The second-order valence-electron chi connectivity index (χ2n) is 16.5. The molecule has 3 aliphatic rings. The highest BCUT2D eigenvalue weighted by molar-refractivity contribution is 7.13. The van der Waals surface area contributed by atoms with E-state index in [0.29, 0.717) is 45.3 Å². The normalized spacial score (nSPS) is 36.5. The smallest absolute Gasteiger partial charge is 0.410 e. The molecule has 2 unspecified atom stereocenters. The van der Waals surface area contributed by atoms with Crippen LogP contribution in [0.5, 0.6) is 0 Å². The van der Waals surface area contributed by atoms with Crippen LogP contribution in [0.15, 0.2) is 17.8 Å². The topological polar surface area (TPSA) is 180 Å². The molecule has 0 spiro atoms. The fourth-order valence-corrected chi connectivity index (χ4v) is 9.15. The van der Waals surface area contributed by atoms with Crippen LogP contribution in [0.3, 0.4) is 0 Å². The van der Waals surface area contributed by atoms with Gasteiger partial charge in [-0.1, -0.05) is 19.1 Å². The summed E-state index contributed by atoms with van der Waals surface area (Å²) in [5.74, 6) is -2.25. The van der Waals surface area contributed by atoms with Crippen LogP contribution >= 0.6 is 11.3 Å². The van der Waals surface area contributed by atoms with Crippen molar-refractivity contribution in [2.75, 3.05) is 34.3 Å². The number of aryl methyl sites for hydroxylation is 1. The number of nitrogens with one attached hydrogen (secondary N) is 1. The van der Waals surface area contributed by atoms with E-state index in [2.05, 4.69) is 27.5 Å². The van der Waals surface area contributed by atoms with Crippen LogP contribution in [-0.4, -0.2) is 147 Å². The van der Waals surface area contributed by atoms with Gasteiger partial charge in [0, 0.05) is 50.3 Å². The number of unbranched alkanes of at least 4 members (excludes halogenated alkanes) is 1. The van der Waals surface area contributed by atoms with Gasteiger partial charge in [0.05, 0.1) is 30.0 Å². The predicted molar refractivity (Wildman–Crippen MR) is 209 cm³/mol. The van der Waals surface area contributed by atoms with Crippen LogP contribution in [0.1, 0.15) is 87.0 Å². The highest BCUT2D eigenvalue weighted by Gasteiger charge is 2.58. The van der Waals surface area contributed by atoms with E-state index in [0.717, 1.165) is 17.1 Å². The number of fused-ring (bicyclic) bond motifs is 1. The molecule has 3 fully saturated rings. The minimum absolute atomic E-state index is 0.00586. The average molecular weight is 806 g/mol. The fourth-order valence-electron chi connectivity index (χ4n) is 8.57. The van der Waals surface area contributed by atoms with E-state index in [-0.39, 0.29) is 30.5 Å². The number of Topliss-reactive ketones (excluding diaryl/α,β-unsaturated/α-hetero) is 1. The third-order valence-electron chi connectivity index (χ3n) is 11.9. The van der Waals surface area contributed by atoms with Gasteiger partial charge >= 0.3 is 12.1 Å². The quantitative estimate of drug-likeness (QED) is 0.190. The molecule has 0 radical (unpaired) electrons. The first-order chi connectivity index (χ1) is 26.5. The first-order valence-electron chi connectivity index (χ1n) is 20.0. The summed E-state index contributed by atoms with van der Waals surface area (Å²) in [6.45, 7) is 14.7. The molecular formula is C39H63N7O9S. The standard InChI is InChI=1S/C39H63N7O9S/c1-11-30-39(7)33(46(37(50)55-39)16-13-12-15-45-22-27(42-43-45)34-40-14-17-56-34)26(5)41-21-23(2)20-38(6,51-10)31(19-29(47)25(4)35(49)53-30)54-36-32(48)28(44(8)9)18-24(3)52-36/h14,17,22-26,28,30-33,36,41,48H,11-13,15-16,18-21H2,1-10H3/t23-,24-,25-,26-,28?,30-,31-,32?,33-,36+,38-,39-/m1/s1. The molecule has 56 heavy (non-hydrogen) atoms. The Bertz CT molecular complexity index is 1610. The number of carbonyl (C=O) groups is 3. The van der Waals surface area contributed by atoms with Gasteiger partial charge in [-0.05, 0) is 93.3 Å². The molecule has 0 aromatic carbocycles. The molecule has 3 aliphatic heterocycles. The first kappa shape index (κ1) is 44.1. The number of cyclic esters (lactones) is 1. The van der Waals surface area contributed by atoms with Gasteiger partial charge in [0.25, 0.3) is 0 Å². The second kappa shape index (κ2) is 18.7. The largest absolute Gasteiger partial charge is 0.458 e. The Morgan fingerprint density at radius 1 is 1.12 bits per heavy atom. The number of aliphatic hydroxyl groups is 1. The highest BCUT2D eigenvalue weighted by Crippen LogP contribution is 2.39. The molecule has 17 heteroatoms. The number of ether oxygens (including phenoxy) is 5. The lowest BCUT2D eigenvalue weighted by Crippen LogP contribution is -2.61. The van der Waals surface area contributed by atoms with Gasteiger partial charge < -0.3 is 39.0 Å². The average Bonchev–Trinajstić information content (AvgIpc) is 3.91. The number of hydrogen-bond acceptors (Lipinski definition) is 15. The summed E-state index contributed by atoms with van der Waals surface area (Å²) in [7, 11) is 5.38. The van der Waals surface area contributed by atoms with Gasteiger partial charge in [-0.15, -0.1) is 16.4 Å². The number of nitrogens with zero attached hydrogens (tertiary/aromatic N) is 6. The van der Waals surface area contributed by atoms with Crippen molar-refractivity contribution in [3.05, 3.63) is 17.8 Å². The maximum Gasteiger partial charge on any atom is 0.410 e. The summed E-state index contributed by atoms with van der Waals surface area (Å²) in [5.41, 5.74) is -1.50. The fraction of sp³-hybridized carbons (Fsp3) is 0.795. The van der Waals surface area contributed by atoms with Crippen LogP contribution < -0.4 is 5.32 Å². The molecule has 2 N–H and O–H groups in total. The predicted octanol–water partition coefficient (Wildman–Crippen LogP) is 3.91. The van der Waals surface area contributed by atoms with Crippen LogP contribution in [0.25, 0.3) is 10.7 Å². The first-order valence-corrected chi connectivity index (χ1v) is 20.9. The summed E-state index contributed by atoms with van der Waals surface area (Å²) in [5, 5.41) is 26.2. The van der Waals surface area contributed by atoms with Crippen LogP contribution in [0.2, 0.25) is 0 Å². The molecule has 0 bridgehead atoms. The van der Waals surface area contributed by atoms with E-state index >= 15 is 0 Å². The summed E-state index contributed by atoms with van der Waals surface area (Å²) >= 11 is 1.50. The summed E-state index contributed by atoms with van der Waals surface area (Å²) in [4.78, 5) is 49.6. The third kappa shape index (κ3) is 9.79. The second-order valence-corrected chi connectivity index (χ2v) is 17.4. The molecule has 5 heterocycles. The van der Waals surface area contributed by atoms with Crippen molar-refractivity contribution < 1.29 is 43.2 Å². The van der Waals surface area contributed by atoms with Crippen molar-refractivity contribution in [3.8, 4) is 10.7 Å². The Hall–Kier alpha value is -3.06. The number of amides is 1. The van der Waals surface area contributed by atoms with Crippen molar-refractivity contribution in [3.63, 3.8) is 0 Å². The maximum atomic E-state index is 14.0. The maximum absolute atomic E-state index is 14.0. The number of rotatable bonds is 11. The van der Waals surface area contributed by atoms with E-state index in [1.165, 1.54) is 18.3 Å². The molecule has 1 amide bonds. The van der Waals surface area contributed by atoms with E-state index < -0.39 is 65.6 Å². The Morgan fingerprint density at radius 3 is 2.52 bits per heavy atom. The van der Waals surface area contributed by atoms with Gasteiger partial charge in [0.2, 0.25) is 0 Å². The number of likely N-dealkylation sites (N-methyl/N-ethyl adjacent to an activating group) is 1. The number of aliphatic hydroxyl groups excluding tert-OH is 1. The van der Waals surface area contributed by atoms with Crippen LogP contribution in [0.4, 0.5) is 4.79 Å². The summed E-state index contributed by atoms with van der Waals surface area (Å²) in [6, 6.07) is -0.996. The molecule has 2 aromatic heterocycles. The number of aromatic nitrogens is 4. The van der Waals surface area contributed by atoms with Gasteiger partial charge in [0.15, 0.2) is 11.9 Å². The van der Waals surface area contributed by atoms with E-state index in [9.17, 15) is 19.5 Å². The zero-order valence-corrected chi connectivity index (χ0v) is 35.5. The van der Waals surface area contributed by atoms with Gasteiger partial charge in [0.1, 0.15) is 34.6 Å². The van der Waals surface area contributed by atoms with E-state index in [1.54, 1.807) is 22.9 Å². The summed E-state index contributed by atoms with van der Waals surface area (Å²) in [6.07, 6.45) is 1.92. The lowest BCUT2D eigenvalue weighted by molar-refractivity contribution is -0.289. The Morgan fingerprint density at radius 2 is 1.86 bits per heavy atom. The third-order valence-corrected chi connectivity index (χ3v) is 12.7. The molecule has 12 atom stereocenters. The number of thiazole rings is 1. The number of esters is 1. The molecule has 3 saturated heterocycles. The van der Waals surface area contributed by atoms with Crippen LogP contribution in [-0.2, 0) is 39.8 Å². The number of hydrogen-bond donors (Lipinski definition) is 2. The zero-order chi connectivity index (χ0) is 40.9. The van der Waals surface area contributed by atoms with Crippen molar-refractivity contribution in [1.82, 2.24) is 35.1 Å². The lowest BCUT2D eigenvalue weighted by Gasteiger charge is -2.45. The molecule has 2 aromatic rings. The molecule has 0 aliphatic carbocycles. The van der Waals surface area contributed by atoms with E-state index in [4.69, 9.17) is 23.7 Å². The van der Waals surface area contributed by atoms with Gasteiger partial charge in [-0.3, -0.25) is 19.2 Å². The summed E-state index contributed by atoms with van der Waals surface area (Å²) < 4.78 is 32.9. The van der Waals surface area contributed by atoms with Gasteiger partial charge in [-0.25, -0.2) is 9.78 Å². The van der Waals surface area contributed by atoms with Crippen molar-refractivity contribution in [1.29, 1.82) is 0 Å². The number of ketones is 1. The Balaban J connectivity index is 1.36. The van der Waals surface area contributed by atoms with E-state index in [1.807, 2.05) is 65.2 Å². The molecule has 314 valence electrons. The van der Waals surface area contributed by atoms with Crippen LogP contribution in [0, 0.1) is 11.8 Å². The lowest BCUT2D eigenvalue weighted by atomic mass is 9.83. The number of methoxy groups -OCH3 is 1. The molecule has 16 nitrogen and oxygen atoms in total. The minimum Gasteiger partial charge on any atom is -0.458 e. The SMILES string of the molecule is CC[C@H]1OC(=O)[C@H](C)C(=O)C[C@@H](O[C@@H]2O[C@H](C)CC(N(C)C)C2O)[C@](C)(OC)C[C@@H](C)CN[C@H](C)[C@H]2N(CCCCn3cc(-c4nccs4)nn3)C(=O)O[C@]12C. The minimum atomic E-state index is -1.21. The van der Waals surface area contributed by atoms with Crippen molar-refractivity contribution in [2.45, 2.75) is 154 Å². The highest BCUT2D eigenvalue weighted by atomic mass is 32.1. The van der Waals surface area contributed by atoms with Crippen molar-refractivity contribution in [2.24, 2.45) is 11.8 Å². The van der Waals surface area contributed by atoms with Crippen molar-refractivity contribution >= 4 is 29.2 Å². The van der Waals surface area contributed by atoms with Gasteiger partial charge in [-0.2, -0.15) is 0 Å². The number of carbonyl (C=O) groups excluding carboxylic acids is 3.